The van der Waals surface area contributed by atoms with Crippen molar-refractivity contribution in [3.8, 4) is 0 Å². The van der Waals surface area contributed by atoms with Crippen LogP contribution in [0.3, 0.4) is 0 Å². The highest BCUT2D eigenvalue weighted by Gasteiger charge is 2.15. The molecular formula is C28H58BrNO2. The maximum Gasteiger partial charge on any atom is 0.305 e. The molecule has 0 amide bonds. The Hall–Kier alpha value is -0.0900. The minimum absolute atomic E-state index is 0. The Labute approximate surface area is 212 Å². The molecule has 0 aromatic carbocycles. The fourth-order valence-corrected chi connectivity index (χ4v) is 4.20. The molecule has 0 spiro atoms. The first-order valence-electron chi connectivity index (χ1n) is 14.0. The van der Waals surface area contributed by atoms with Gasteiger partial charge in [0.05, 0.1) is 20.6 Å². The Morgan fingerprint density at radius 2 is 0.938 bits per heavy atom. The highest BCUT2D eigenvalue weighted by Crippen LogP contribution is 2.12. The summed E-state index contributed by atoms with van der Waals surface area (Å²) in [5, 5.41) is 0. The Morgan fingerprint density at radius 1 is 0.562 bits per heavy atom. The molecule has 0 N–H and O–H groups in total. The van der Waals surface area contributed by atoms with Gasteiger partial charge in [-0.1, -0.05) is 117 Å². The molecule has 0 saturated heterocycles. The van der Waals surface area contributed by atoms with Crippen molar-refractivity contribution in [2.45, 2.75) is 142 Å². The molecule has 4 heteroatoms. The number of hydrogen-bond donors (Lipinski definition) is 0. The molecule has 0 aromatic heterocycles. The number of esters is 1. The molecule has 0 aliphatic rings. The van der Waals surface area contributed by atoms with Crippen LogP contribution >= 0.6 is 0 Å². The topological polar surface area (TPSA) is 26.3 Å². The van der Waals surface area contributed by atoms with Gasteiger partial charge in [-0.2, -0.15) is 0 Å². The Morgan fingerprint density at radius 3 is 1.38 bits per heavy atom. The van der Waals surface area contributed by atoms with Crippen LogP contribution in [0.1, 0.15) is 142 Å². The lowest BCUT2D eigenvalue weighted by molar-refractivity contribution is -0.890. The number of quaternary nitrogens is 1. The summed E-state index contributed by atoms with van der Waals surface area (Å²) in [6.07, 6.45) is 26.0. The van der Waals surface area contributed by atoms with E-state index in [0.717, 1.165) is 17.4 Å². The molecule has 0 fully saturated rings. The number of rotatable bonds is 24. The van der Waals surface area contributed by atoms with E-state index in [-0.39, 0.29) is 23.0 Å². The number of hydrogen-bond acceptors (Lipinski definition) is 2. The molecule has 3 nitrogen and oxygen atoms in total. The second kappa shape index (κ2) is 25.5. The largest absolute Gasteiger partial charge is 1.00 e. The van der Waals surface area contributed by atoms with Crippen molar-refractivity contribution in [2.75, 3.05) is 33.8 Å². The minimum Gasteiger partial charge on any atom is -1.00 e. The van der Waals surface area contributed by atoms with Crippen LogP contribution in [0.4, 0.5) is 0 Å². The second-order valence-electron chi connectivity index (χ2n) is 10.4. The molecule has 0 aromatic rings. The summed E-state index contributed by atoms with van der Waals surface area (Å²) in [4.78, 5) is 12.0. The highest BCUT2D eigenvalue weighted by atomic mass is 79.9. The van der Waals surface area contributed by atoms with Crippen LogP contribution in [-0.4, -0.2) is 44.2 Å². The van der Waals surface area contributed by atoms with Gasteiger partial charge in [-0.05, 0) is 19.3 Å². The normalized spacial score (nSPS) is 11.4. The predicted molar refractivity (Wildman–Crippen MR) is 136 cm³/mol. The first-order chi connectivity index (χ1) is 15.0. The van der Waals surface area contributed by atoms with E-state index in [1.165, 1.54) is 122 Å². The molecule has 0 atom stereocenters. The van der Waals surface area contributed by atoms with E-state index in [2.05, 4.69) is 27.9 Å². The number of carbonyl (C=O) groups is 1. The van der Waals surface area contributed by atoms with Crippen molar-refractivity contribution < 1.29 is 31.0 Å². The van der Waals surface area contributed by atoms with Crippen LogP contribution in [0, 0.1) is 0 Å². The van der Waals surface area contributed by atoms with Crippen LogP contribution < -0.4 is 17.0 Å². The van der Waals surface area contributed by atoms with Crippen molar-refractivity contribution in [1.82, 2.24) is 0 Å². The summed E-state index contributed by atoms with van der Waals surface area (Å²) >= 11 is 0. The van der Waals surface area contributed by atoms with Gasteiger partial charge in [-0.25, -0.2) is 0 Å². The number of ether oxygens (including phenoxy) is 1. The molecule has 32 heavy (non-hydrogen) atoms. The molecule has 0 aliphatic heterocycles. The first kappa shape index (κ1) is 34.1. The SMILES string of the molecule is CCCCCCCCCCCC[N+](C)(C)CCOC(=O)CCCCCCCCCCC.[Br-]. The summed E-state index contributed by atoms with van der Waals surface area (Å²) in [5.74, 6) is 0.00174. The van der Waals surface area contributed by atoms with E-state index in [9.17, 15) is 4.79 Å². The van der Waals surface area contributed by atoms with E-state index < -0.39 is 0 Å². The van der Waals surface area contributed by atoms with Crippen molar-refractivity contribution >= 4 is 5.97 Å². The zero-order valence-electron chi connectivity index (χ0n) is 22.4. The Balaban J connectivity index is 0. The standard InChI is InChI=1S/C28H58NO2.BrH/c1-5-7-9-11-13-15-17-19-21-23-25-29(3,4)26-27-31-28(30)24-22-20-18-16-14-12-10-8-6-2;/h5-27H2,1-4H3;1H/q+1;/p-1. The van der Waals surface area contributed by atoms with Gasteiger partial charge >= 0.3 is 5.97 Å². The van der Waals surface area contributed by atoms with Gasteiger partial charge in [-0.15, -0.1) is 0 Å². The number of unbranched alkanes of at least 4 members (excludes halogenated alkanes) is 17. The molecule has 194 valence electrons. The molecule has 0 bridgehead atoms. The van der Waals surface area contributed by atoms with Crippen molar-refractivity contribution in [2.24, 2.45) is 0 Å². The monoisotopic (exact) mass is 519 g/mol. The van der Waals surface area contributed by atoms with E-state index in [1.54, 1.807) is 0 Å². The van der Waals surface area contributed by atoms with Crippen molar-refractivity contribution in [1.29, 1.82) is 0 Å². The van der Waals surface area contributed by atoms with Gasteiger partial charge in [0.15, 0.2) is 0 Å². The summed E-state index contributed by atoms with van der Waals surface area (Å²) in [6, 6.07) is 0. The van der Waals surface area contributed by atoms with Crippen molar-refractivity contribution in [3.63, 3.8) is 0 Å². The van der Waals surface area contributed by atoms with E-state index in [0.29, 0.717) is 13.0 Å². The summed E-state index contributed by atoms with van der Waals surface area (Å²) in [6.45, 7) is 7.23. The zero-order chi connectivity index (χ0) is 23.0. The molecule has 0 aliphatic carbocycles. The van der Waals surface area contributed by atoms with Crippen LogP contribution in [0.15, 0.2) is 0 Å². The smallest absolute Gasteiger partial charge is 0.305 e. The van der Waals surface area contributed by atoms with E-state index in [1.807, 2.05) is 0 Å². The first-order valence-corrected chi connectivity index (χ1v) is 14.0. The fourth-order valence-electron chi connectivity index (χ4n) is 4.20. The average molecular weight is 521 g/mol. The van der Waals surface area contributed by atoms with Crippen LogP contribution in [0.2, 0.25) is 0 Å². The average Bonchev–Trinajstić information content (AvgIpc) is 2.73. The van der Waals surface area contributed by atoms with Crippen LogP contribution in [-0.2, 0) is 9.53 Å². The Kier molecular flexibility index (Phi) is 27.2. The quantitative estimate of drug-likeness (QED) is 0.0961. The maximum atomic E-state index is 12.0. The van der Waals surface area contributed by atoms with Gasteiger partial charge in [0.25, 0.3) is 0 Å². The third-order valence-corrected chi connectivity index (χ3v) is 6.56. The zero-order valence-corrected chi connectivity index (χ0v) is 24.0. The summed E-state index contributed by atoms with van der Waals surface area (Å²) < 4.78 is 6.46. The number of likely N-dealkylation sites (N-methyl/N-ethyl adjacent to an activating group) is 1. The highest BCUT2D eigenvalue weighted by molar-refractivity contribution is 5.69. The summed E-state index contributed by atoms with van der Waals surface area (Å²) in [7, 11) is 4.53. The van der Waals surface area contributed by atoms with Gasteiger partial charge in [0.1, 0.15) is 13.2 Å². The van der Waals surface area contributed by atoms with Gasteiger partial charge in [0.2, 0.25) is 0 Å². The lowest BCUT2D eigenvalue weighted by Gasteiger charge is -2.29. The lowest BCUT2D eigenvalue weighted by atomic mass is 10.1. The van der Waals surface area contributed by atoms with Crippen molar-refractivity contribution in [3.05, 3.63) is 0 Å². The third-order valence-electron chi connectivity index (χ3n) is 6.56. The van der Waals surface area contributed by atoms with Crippen LogP contribution in [0.5, 0.6) is 0 Å². The van der Waals surface area contributed by atoms with Gasteiger partial charge < -0.3 is 26.2 Å². The molecule has 0 saturated carbocycles. The third kappa shape index (κ3) is 26.2. The molecule has 0 radical (unpaired) electrons. The van der Waals surface area contributed by atoms with Gasteiger partial charge in [0, 0.05) is 6.42 Å². The Bertz CT molecular complexity index is 388. The number of carbonyl (C=O) groups excluding carboxylic acids is 1. The maximum absolute atomic E-state index is 12.0. The summed E-state index contributed by atoms with van der Waals surface area (Å²) in [5.41, 5.74) is 0. The lowest BCUT2D eigenvalue weighted by Crippen LogP contribution is -3.00. The number of nitrogens with zero attached hydrogens (tertiary/aromatic N) is 1. The number of halogens is 1. The van der Waals surface area contributed by atoms with E-state index >= 15 is 0 Å². The minimum atomic E-state index is 0. The predicted octanol–water partition coefficient (Wildman–Crippen LogP) is 5.45. The fraction of sp³-hybridized carbons (Fsp3) is 0.964. The second-order valence-corrected chi connectivity index (χ2v) is 10.4. The van der Waals surface area contributed by atoms with E-state index in [4.69, 9.17) is 4.74 Å². The molecule has 0 unspecified atom stereocenters. The molecular weight excluding hydrogens is 462 g/mol. The van der Waals surface area contributed by atoms with Gasteiger partial charge in [-0.3, -0.25) is 4.79 Å². The van der Waals surface area contributed by atoms with Crippen LogP contribution in [0.25, 0.3) is 0 Å². The molecule has 0 heterocycles. The molecule has 0 rings (SSSR count).